The minimum absolute atomic E-state index is 0.0430. The Morgan fingerprint density at radius 1 is 1.17 bits per heavy atom. The second kappa shape index (κ2) is 10.5. The Bertz CT molecular complexity index is 1200. The minimum Gasteiger partial charge on any atom is -0.338 e. The topological polar surface area (TPSA) is 100 Å². The van der Waals surface area contributed by atoms with Gasteiger partial charge in [0.05, 0.1) is 0 Å². The lowest BCUT2D eigenvalue weighted by atomic mass is 9.94. The van der Waals surface area contributed by atoms with Crippen molar-refractivity contribution in [3.8, 4) is 0 Å². The van der Waals surface area contributed by atoms with Crippen LogP contribution in [0.3, 0.4) is 0 Å². The molecule has 184 valence electrons. The van der Waals surface area contributed by atoms with Crippen LogP contribution in [0.15, 0.2) is 42.6 Å². The third kappa shape index (κ3) is 6.19. The number of halogens is 1. The molecule has 0 saturated carbocycles. The first-order valence-electron chi connectivity index (χ1n) is 11.6. The van der Waals surface area contributed by atoms with Crippen molar-refractivity contribution in [2.24, 2.45) is 0 Å². The van der Waals surface area contributed by atoms with Crippen LogP contribution in [0.5, 0.6) is 0 Å². The summed E-state index contributed by atoms with van der Waals surface area (Å²) in [6.45, 7) is 5.83. The van der Waals surface area contributed by atoms with Crippen molar-refractivity contribution in [3.05, 3.63) is 64.6 Å². The van der Waals surface area contributed by atoms with Crippen molar-refractivity contribution < 1.29 is 14.0 Å². The maximum absolute atomic E-state index is 15.9. The van der Waals surface area contributed by atoms with E-state index in [1.807, 2.05) is 26.0 Å². The van der Waals surface area contributed by atoms with Crippen LogP contribution >= 0.6 is 11.3 Å². The number of rotatable bonds is 7. The van der Waals surface area contributed by atoms with E-state index in [4.69, 9.17) is 0 Å². The number of piperidine rings is 1. The van der Waals surface area contributed by atoms with Gasteiger partial charge in [-0.05, 0) is 32.3 Å². The van der Waals surface area contributed by atoms with Gasteiger partial charge in [0.25, 0.3) is 11.7 Å². The van der Waals surface area contributed by atoms with E-state index in [1.165, 1.54) is 11.8 Å². The summed E-state index contributed by atoms with van der Waals surface area (Å²) in [5.74, 6) is -2.39. The van der Waals surface area contributed by atoms with Crippen LogP contribution in [0, 0.1) is 13.8 Å². The van der Waals surface area contributed by atoms with E-state index in [9.17, 15) is 9.59 Å². The third-order valence-electron chi connectivity index (χ3n) is 5.88. The molecular weight excluding hydrogens is 467 g/mol. The second-order valence-electron chi connectivity index (χ2n) is 8.87. The van der Waals surface area contributed by atoms with Crippen molar-refractivity contribution in [1.29, 1.82) is 0 Å². The Balaban J connectivity index is 1.44. The van der Waals surface area contributed by atoms with Gasteiger partial charge in [0.2, 0.25) is 5.91 Å². The Kier molecular flexibility index (Phi) is 7.39. The van der Waals surface area contributed by atoms with Gasteiger partial charge in [-0.2, -0.15) is 0 Å². The number of nitrogens with one attached hydrogen (secondary N) is 2. The molecular formula is C25H29FN6O2S. The number of nitrogens with zero attached hydrogens (tertiary/aromatic N) is 4. The zero-order valence-corrected chi connectivity index (χ0v) is 20.9. The highest BCUT2D eigenvalue weighted by molar-refractivity contribution is 7.15. The van der Waals surface area contributed by atoms with Crippen LogP contribution in [-0.2, 0) is 16.0 Å². The summed E-state index contributed by atoms with van der Waals surface area (Å²) in [6.07, 6.45) is 2.79. The Morgan fingerprint density at radius 3 is 2.51 bits per heavy atom. The Morgan fingerprint density at radius 2 is 1.89 bits per heavy atom. The number of likely N-dealkylation sites (tertiary alicyclic amines) is 1. The molecule has 4 rings (SSSR count). The van der Waals surface area contributed by atoms with Crippen LogP contribution in [0.4, 0.5) is 15.3 Å². The lowest BCUT2D eigenvalue weighted by molar-refractivity contribution is -0.151. The van der Waals surface area contributed by atoms with E-state index in [-0.39, 0.29) is 12.3 Å². The first kappa shape index (κ1) is 24.7. The highest BCUT2D eigenvalue weighted by atomic mass is 32.1. The molecule has 1 fully saturated rings. The zero-order chi connectivity index (χ0) is 25.0. The molecule has 0 bridgehead atoms. The summed E-state index contributed by atoms with van der Waals surface area (Å²) in [7, 11) is 0. The monoisotopic (exact) mass is 496 g/mol. The van der Waals surface area contributed by atoms with E-state index in [2.05, 4.69) is 25.6 Å². The van der Waals surface area contributed by atoms with Crippen molar-refractivity contribution in [3.63, 3.8) is 0 Å². The number of aryl methyl sites for hydroxylation is 2. The Labute approximate surface area is 208 Å². The van der Waals surface area contributed by atoms with Crippen molar-refractivity contribution >= 4 is 34.1 Å². The summed E-state index contributed by atoms with van der Waals surface area (Å²) in [5.41, 5.74) is 1.47. The molecule has 1 aliphatic rings. The highest BCUT2D eigenvalue weighted by Crippen LogP contribution is 2.30. The average molecular weight is 497 g/mol. The number of hydrogen-bond acceptors (Lipinski definition) is 7. The highest BCUT2D eigenvalue weighted by Gasteiger charge is 2.43. The fourth-order valence-electron chi connectivity index (χ4n) is 4.28. The molecule has 0 aliphatic carbocycles. The quantitative estimate of drug-likeness (QED) is 0.479. The summed E-state index contributed by atoms with van der Waals surface area (Å²) >= 11 is 1.55. The summed E-state index contributed by atoms with van der Waals surface area (Å²) < 4.78 is 15.9. The molecule has 0 radical (unpaired) electrons. The van der Waals surface area contributed by atoms with Crippen molar-refractivity contribution in [2.75, 3.05) is 18.4 Å². The summed E-state index contributed by atoms with van der Waals surface area (Å²) in [4.78, 5) is 41.1. The maximum Gasteiger partial charge on any atom is 0.281 e. The lowest BCUT2D eigenvalue weighted by Crippen LogP contribution is -2.58. The van der Waals surface area contributed by atoms with Gasteiger partial charge in [-0.25, -0.2) is 19.3 Å². The van der Waals surface area contributed by atoms with E-state index < -0.39 is 17.6 Å². The van der Waals surface area contributed by atoms with Crippen LogP contribution in [0.1, 0.15) is 47.6 Å². The molecule has 0 spiro atoms. The van der Waals surface area contributed by atoms with Gasteiger partial charge in [-0.1, -0.05) is 30.3 Å². The van der Waals surface area contributed by atoms with Crippen molar-refractivity contribution in [1.82, 2.24) is 25.2 Å². The smallest absolute Gasteiger partial charge is 0.281 e. The van der Waals surface area contributed by atoms with Crippen LogP contribution in [-0.4, -0.2) is 50.5 Å². The molecule has 8 nitrogen and oxygen atoms in total. The van der Waals surface area contributed by atoms with E-state index >= 15 is 4.39 Å². The second-order valence-corrected chi connectivity index (χ2v) is 10.1. The predicted octanol–water partition coefficient (Wildman–Crippen LogP) is 4.04. The first-order valence-corrected chi connectivity index (χ1v) is 12.4. The van der Waals surface area contributed by atoms with Crippen LogP contribution in [0.25, 0.3) is 0 Å². The molecule has 1 atom stereocenters. The van der Waals surface area contributed by atoms with Gasteiger partial charge in [0, 0.05) is 55.2 Å². The number of carbonyl (C=O) groups is 2. The molecule has 3 heterocycles. The number of hydrogen-bond donors (Lipinski definition) is 2. The molecule has 3 aromatic rings. The average Bonchev–Trinajstić information content (AvgIpc) is 3.22. The zero-order valence-electron chi connectivity index (χ0n) is 20.0. The van der Waals surface area contributed by atoms with Gasteiger partial charge >= 0.3 is 0 Å². The summed E-state index contributed by atoms with van der Waals surface area (Å²) in [6, 6.07) is 10.7. The number of aromatic nitrogens is 3. The molecule has 1 saturated heterocycles. The van der Waals surface area contributed by atoms with E-state index in [0.717, 1.165) is 15.7 Å². The third-order valence-corrected chi connectivity index (χ3v) is 6.71. The van der Waals surface area contributed by atoms with E-state index in [1.54, 1.807) is 41.8 Å². The van der Waals surface area contributed by atoms with Gasteiger partial charge in [-0.15, -0.1) is 11.3 Å². The molecule has 2 N–H and O–H groups in total. The van der Waals surface area contributed by atoms with Gasteiger partial charge in [0.1, 0.15) is 11.6 Å². The Hall–Kier alpha value is -3.40. The SMILES string of the molecule is CC(=O)N[C@](F)(Cc1ccccc1)C(=O)N1CCC(c2nc(C)cc(Nc3ncc(C)s3)n2)CC1. The molecule has 1 aliphatic heterocycles. The standard InChI is InChI=1S/C25H29FN6O2S/c1-16-13-21(30-24-27-15-17(2)35-24)29-22(28-16)20-9-11-32(12-10-20)23(34)25(26,31-18(3)33)14-19-7-5-4-6-8-19/h4-8,13,15,20H,9-12,14H2,1-3H3,(H,31,33)(H,27,28,29,30)/t25-/m1/s1. The predicted molar refractivity (Wildman–Crippen MR) is 133 cm³/mol. The lowest BCUT2D eigenvalue weighted by Gasteiger charge is -2.36. The van der Waals surface area contributed by atoms with E-state index in [0.29, 0.717) is 43.1 Å². The molecule has 2 amide bonds. The molecule has 0 unspecified atom stereocenters. The molecule has 2 aromatic heterocycles. The number of amides is 2. The van der Waals surface area contributed by atoms with Crippen LogP contribution in [0.2, 0.25) is 0 Å². The molecule has 1 aromatic carbocycles. The van der Waals surface area contributed by atoms with Gasteiger partial charge in [-0.3, -0.25) is 9.59 Å². The van der Waals surface area contributed by atoms with Crippen LogP contribution < -0.4 is 10.6 Å². The maximum atomic E-state index is 15.9. The molecule has 10 heteroatoms. The normalized spacial score (nSPS) is 15.9. The number of carbonyl (C=O) groups excluding carboxylic acids is 2. The fourth-order valence-corrected chi connectivity index (χ4v) is 4.95. The number of anilines is 2. The van der Waals surface area contributed by atoms with Gasteiger partial charge < -0.3 is 15.5 Å². The number of thiazole rings is 1. The number of alkyl halides is 1. The summed E-state index contributed by atoms with van der Waals surface area (Å²) in [5, 5.41) is 6.25. The largest absolute Gasteiger partial charge is 0.338 e. The number of benzene rings is 1. The minimum atomic E-state index is -2.50. The molecule has 35 heavy (non-hydrogen) atoms. The fraction of sp³-hybridized carbons (Fsp3) is 0.400. The van der Waals surface area contributed by atoms with Gasteiger partial charge in [0.15, 0.2) is 5.13 Å². The van der Waals surface area contributed by atoms with Crippen molar-refractivity contribution in [2.45, 2.75) is 51.7 Å². The first-order chi connectivity index (χ1) is 16.7.